The van der Waals surface area contributed by atoms with Crippen LogP contribution in [-0.4, -0.2) is 18.6 Å². The number of hydrogen-bond acceptors (Lipinski definition) is 3. The number of aromatic nitrogens is 1. The van der Waals surface area contributed by atoms with E-state index in [0.717, 1.165) is 18.3 Å². The van der Waals surface area contributed by atoms with Crippen LogP contribution in [-0.2, 0) is 9.53 Å². The molecule has 0 saturated heterocycles. The molecule has 0 bridgehead atoms. The minimum Gasteiger partial charge on any atom is -0.471 e. The highest BCUT2D eigenvalue weighted by Gasteiger charge is 1.88. The maximum Gasteiger partial charge on any atom is 0.292 e. The van der Waals surface area contributed by atoms with Crippen LogP contribution in [0.3, 0.4) is 0 Å². The highest BCUT2D eigenvalue weighted by atomic mass is 19.1. The summed E-state index contributed by atoms with van der Waals surface area (Å²) in [5, 5.41) is 0. The fourth-order valence-electron chi connectivity index (χ4n) is 0.358. The van der Waals surface area contributed by atoms with Gasteiger partial charge in [0.05, 0.1) is 13.3 Å². The molecule has 12 heavy (non-hydrogen) atoms. The Kier molecular flexibility index (Phi) is 5.42. The van der Waals surface area contributed by atoms with Gasteiger partial charge in [0.15, 0.2) is 0 Å². The number of hydrogen-bond donors (Lipinski definition) is 0. The van der Waals surface area contributed by atoms with Crippen molar-refractivity contribution in [2.24, 2.45) is 0 Å². The van der Waals surface area contributed by atoms with Gasteiger partial charge in [-0.1, -0.05) is 0 Å². The van der Waals surface area contributed by atoms with Crippen molar-refractivity contribution in [3.8, 4) is 0 Å². The second-order valence-corrected chi connectivity index (χ2v) is 1.63. The zero-order valence-corrected chi connectivity index (χ0v) is 6.33. The van der Waals surface area contributed by atoms with E-state index >= 15 is 0 Å². The fraction of sp³-hybridized carbons (Fsp3) is 0.143. The molecule has 0 N–H and O–H groups in total. The van der Waals surface area contributed by atoms with E-state index in [0.29, 0.717) is 6.47 Å². The molecule has 0 spiro atoms. The normalized spacial score (nSPS) is 7.92. The summed E-state index contributed by atoms with van der Waals surface area (Å²) in [5.41, 5.74) is 0. The molecule has 0 amide bonds. The molecular formula is C7H7F2NO2. The molecule has 0 aliphatic carbocycles. The summed E-state index contributed by atoms with van der Waals surface area (Å²) in [6.45, 7) is 0.375. The van der Waals surface area contributed by atoms with Gasteiger partial charge in [0.2, 0.25) is 5.95 Å². The average Bonchev–Trinajstić information content (AvgIpc) is 2.11. The van der Waals surface area contributed by atoms with Crippen molar-refractivity contribution in [3.63, 3.8) is 0 Å². The lowest BCUT2D eigenvalue weighted by atomic mass is 10.5. The van der Waals surface area contributed by atoms with Crippen LogP contribution < -0.4 is 0 Å². The van der Waals surface area contributed by atoms with Crippen LogP contribution in [0.25, 0.3) is 0 Å². The van der Waals surface area contributed by atoms with Crippen LogP contribution >= 0.6 is 0 Å². The van der Waals surface area contributed by atoms with E-state index < -0.39 is 11.8 Å². The molecule has 0 atom stereocenters. The monoisotopic (exact) mass is 175 g/mol. The quantitative estimate of drug-likeness (QED) is 0.474. The maximum atomic E-state index is 11.9. The molecule has 1 aromatic rings. The molecule has 1 aromatic heterocycles. The highest BCUT2D eigenvalue weighted by Crippen LogP contribution is 1.93. The standard InChI is InChI=1S/C5H3F2N.C2H4O2/c6-4-1-2-5(7)8-3-4;1-4-2-3/h1-3H;2H,1H3. The van der Waals surface area contributed by atoms with E-state index in [2.05, 4.69) is 9.72 Å². The molecule has 0 saturated carbocycles. The molecule has 0 aromatic carbocycles. The third kappa shape index (κ3) is 5.28. The SMILES string of the molecule is COC=O.Fc1ccc(F)nc1. The number of pyridine rings is 1. The fourth-order valence-corrected chi connectivity index (χ4v) is 0.358. The van der Waals surface area contributed by atoms with Crippen LogP contribution in [0, 0.1) is 11.8 Å². The summed E-state index contributed by atoms with van der Waals surface area (Å²) in [6.07, 6.45) is 0.829. The summed E-state index contributed by atoms with van der Waals surface area (Å²) >= 11 is 0. The molecule has 0 aliphatic rings. The van der Waals surface area contributed by atoms with Crippen LogP contribution in [0.2, 0.25) is 0 Å². The summed E-state index contributed by atoms with van der Waals surface area (Å²) in [7, 11) is 1.31. The van der Waals surface area contributed by atoms with Crippen molar-refractivity contribution in [1.29, 1.82) is 0 Å². The maximum absolute atomic E-state index is 11.9. The van der Waals surface area contributed by atoms with Crippen LogP contribution in [0.15, 0.2) is 18.3 Å². The van der Waals surface area contributed by atoms with Gasteiger partial charge in [-0.15, -0.1) is 0 Å². The smallest absolute Gasteiger partial charge is 0.292 e. The molecule has 5 heteroatoms. The van der Waals surface area contributed by atoms with Crippen molar-refractivity contribution in [1.82, 2.24) is 4.98 Å². The molecule has 0 fully saturated rings. The molecule has 0 radical (unpaired) electrons. The Labute approximate surface area is 68.0 Å². The predicted octanol–water partition coefficient (Wildman–Crippen LogP) is 1.15. The Hall–Kier alpha value is -1.52. The van der Waals surface area contributed by atoms with Gasteiger partial charge in [-0.3, -0.25) is 4.79 Å². The summed E-state index contributed by atoms with van der Waals surface area (Å²) in [6, 6.07) is 1.98. The van der Waals surface area contributed by atoms with Gasteiger partial charge in [-0.2, -0.15) is 4.39 Å². The van der Waals surface area contributed by atoms with E-state index in [9.17, 15) is 8.78 Å². The lowest BCUT2D eigenvalue weighted by molar-refractivity contribution is -0.126. The minimum atomic E-state index is -0.661. The zero-order valence-electron chi connectivity index (χ0n) is 6.33. The molecule has 66 valence electrons. The van der Waals surface area contributed by atoms with Gasteiger partial charge < -0.3 is 4.74 Å². The Morgan fingerprint density at radius 1 is 1.50 bits per heavy atom. The first-order valence-corrected chi connectivity index (χ1v) is 2.94. The topological polar surface area (TPSA) is 39.2 Å². The molecule has 1 rings (SSSR count). The van der Waals surface area contributed by atoms with Crippen molar-refractivity contribution < 1.29 is 18.3 Å². The van der Waals surface area contributed by atoms with Crippen molar-refractivity contribution >= 4 is 6.47 Å². The van der Waals surface area contributed by atoms with E-state index in [4.69, 9.17) is 4.79 Å². The number of rotatable bonds is 1. The van der Waals surface area contributed by atoms with E-state index in [1.165, 1.54) is 7.11 Å². The summed E-state index contributed by atoms with van der Waals surface area (Å²) < 4.78 is 27.5. The number of carbonyl (C=O) groups excluding carboxylic acids is 1. The molecule has 3 nitrogen and oxygen atoms in total. The number of nitrogens with zero attached hydrogens (tertiary/aromatic N) is 1. The summed E-state index contributed by atoms with van der Waals surface area (Å²) in [5.74, 6) is -1.18. The van der Waals surface area contributed by atoms with E-state index in [-0.39, 0.29) is 0 Å². The minimum absolute atomic E-state index is 0.375. The van der Waals surface area contributed by atoms with Crippen molar-refractivity contribution in [2.45, 2.75) is 0 Å². The second kappa shape index (κ2) is 6.21. The van der Waals surface area contributed by atoms with Gasteiger partial charge in [0, 0.05) is 0 Å². The lowest BCUT2D eigenvalue weighted by Gasteiger charge is -1.83. The third-order valence-electron chi connectivity index (χ3n) is 0.788. The second-order valence-electron chi connectivity index (χ2n) is 1.63. The van der Waals surface area contributed by atoms with Crippen molar-refractivity contribution in [3.05, 3.63) is 30.1 Å². The first-order chi connectivity index (χ1) is 5.70. The first-order valence-electron chi connectivity index (χ1n) is 2.94. The Bertz CT molecular complexity index is 204. The van der Waals surface area contributed by atoms with Crippen LogP contribution in [0.5, 0.6) is 0 Å². The lowest BCUT2D eigenvalue weighted by Crippen LogP contribution is -1.80. The van der Waals surface area contributed by atoms with Gasteiger partial charge >= 0.3 is 0 Å². The number of carbonyl (C=O) groups is 1. The number of halogens is 2. The molecular weight excluding hydrogens is 168 g/mol. The van der Waals surface area contributed by atoms with Gasteiger partial charge in [0.25, 0.3) is 6.47 Å². The van der Waals surface area contributed by atoms with Crippen LogP contribution in [0.1, 0.15) is 0 Å². The van der Waals surface area contributed by atoms with E-state index in [1.54, 1.807) is 0 Å². The molecule has 0 unspecified atom stereocenters. The number of ether oxygens (including phenoxy) is 1. The summed E-state index contributed by atoms with van der Waals surface area (Å²) in [4.78, 5) is 12.0. The van der Waals surface area contributed by atoms with Crippen LogP contribution in [0.4, 0.5) is 8.78 Å². The highest BCUT2D eigenvalue weighted by molar-refractivity contribution is 5.36. The number of methoxy groups -OCH3 is 1. The largest absolute Gasteiger partial charge is 0.471 e. The molecule has 0 aliphatic heterocycles. The Morgan fingerprint density at radius 2 is 2.08 bits per heavy atom. The predicted molar refractivity (Wildman–Crippen MR) is 37.2 cm³/mol. The average molecular weight is 175 g/mol. The third-order valence-corrected chi connectivity index (χ3v) is 0.788. The molecule has 1 heterocycles. The van der Waals surface area contributed by atoms with E-state index in [1.807, 2.05) is 0 Å². The van der Waals surface area contributed by atoms with Crippen molar-refractivity contribution in [2.75, 3.05) is 7.11 Å². The zero-order chi connectivity index (χ0) is 9.40. The Morgan fingerprint density at radius 3 is 2.33 bits per heavy atom. The first kappa shape index (κ1) is 10.5. The van der Waals surface area contributed by atoms with Gasteiger partial charge in [-0.05, 0) is 12.1 Å². The van der Waals surface area contributed by atoms with Gasteiger partial charge in [0.1, 0.15) is 5.82 Å². The van der Waals surface area contributed by atoms with Gasteiger partial charge in [-0.25, -0.2) is 9.37 Å². The Balaban J connectivity index is 0.000000261.